The van der Waals surface area contributed by atoms with Gasteiger partial charge in [0.25, 0.3) is 0 Å². The van der Waals surface area contributed by atoms with Gasteiger partial charge in [0.05, 0.1) is 18.5 Å². The summed E-state index contributed by atoms with van der Waals surface area (Å²) in [5.74, 6) is -1.20. The van der Waals surface area contributed by atoms with Gasteiger partial charge in [-0.05, 0) is 33.6 Å². The number of nitrogens with one attached hydrogen (secondary N) is 1. The van der Waals surface area contributed by atoms with E-state index in [1.165, 1.54) is 4.90 Å². The van der Waals surface area contributed by atoms with E-state index < -0.39 is 52.0 Å². The summed E-state index contributed by atoms with van der Waals surface area (Å²) < 4.78 is 40.2. The summed E-state index contributed by atoms with van der Waals surface area (Å²) in [4.78, 5) is 51.6. The first-order valence-electron chi connectivity index (χ1n) is 9.80. The number of carbonyl (C=O) groups is 4. The first-order chi connectivity index (χ1) is 14.2. The number of urea groups is 1. The first kappa shape index (κ1) is 23.2. The summed E-state index contributed by atoms with van der Waals surface area (Å²) in [6.45, 7) is 5.47. The lowest BCUT2D eigenvalue weighted by molar-refractivity contribution is -0.132. The third kappa shape index (κ3) is 5.43. The molecule has 3 saturated heterocycles. The summed E-state index contributed by atoms with van der Waals surface area (Å²) in [6.07, 6.45) is 0.0380. The molecule has 13 nitrogen and oxygen atoms in total. The van der Waals surface area contributed by atoms with E-state index in [0.29, 0.717) is 5.06 Å². The van der Waals surface area contributed by atoms with Crippen molar-refractivity contribution >= 4 is 34.2 Å². The van der Waals surface area contributed by atoms with Gasteiger partial charge in [-0.3, -0.25) is 14.1 Å². The van der Waals surface area contributed by atoms with Gasteiger partial charge in [0.1, 0.15) is 11.6 Å². The van der Waals surface area contributed by atoms with Crippen LogP contribution in [-0.4, -0.2) is 95.5 Å². The highest BCUT2D eigenvalue weighted by atomic mass is 32.3. The molecule has 0 radical (unpaired) electrons. The molecule has 3 aliphatic rings. The zero-order chi connectivity index (χ0) is 23.1. The minimum atomic E-state index is -4.87. The number of amides is 4. The van der Waals surface area contributed by atoms with E-state index in [2.05, 4.69) is 9.60 Å². The molecule has 0 unspecified atom stereocenters. The van der Waals surface area contributed by atoms with Crippen LogP contribution in [0.4, 0.5) is 9.59 Å². The number of rotatable bonds is 6. The van der Waals surface area contributed by atoms with E-state index in [4.69, 9.17) is 9.29 Å². The third-order valence-electron chi connectivity index (χ3n) is 5.23. The zero-order valence-corrected chi connectivity index (χ0v) is 18.3. The maximum absolute atomic E-state index is 12.5. The number of hydrogen-bond acceptors (Lipinski definition) is 8. The molecule has 3 rings (SSSR count). The Hall–Kier alpha value is -2.45. The van der Waals surface area contributed by atoms with Crippen molar-refractivity contribution in [2.75, 3.05) is 26.2 Å². The molecule has 0 aliphatic carbocycles. The maximum Gasteiger partial charge on any atom is 0.418 e. The summed E-state index contributed by atoms with van der Waals surface area (Å²) in [5.41, 5.74) is -0.631. The van der Waals surface area contributed by atoms with Gasteiger partial charge >= 0.3 is 22.5 Å². The Kier molecular flexibility index (Phi) is 6.17. The second-order valence-electron chi connectivity index (χ2n) is 8.78. The molecule has 31 heavy (non-hydrogen) atoms. The summed E-state index contributed by atoms with van der Waals surface area (Å²) in [7, 11) is -4.87. The normalized spacial score (nSPS) is 24.1. The van der Waals surface area contributed by atoms with Crippen molar-refractivity contribution in [2.24, 2.45) is 5.92 Å². The number of carbonyl (C=O) groups excluding carboxylic acids is 4. The van der Waals surface area contributed by atoms with Gasteiger partial charge in [0.15, 0.2) is 5.78 Å². The number of nitrogens with zero attached hydrogens (tertiary/aromatic N) is 3. The van der Waals surface area contributed by atoms with Crippen LogP contribution in [0.5, 0.6) is 0 Å². The Morgan fingerprint density at radius 3 is 2.39 bits per heavy atom. The molecule has 2 N–H and O–H groups in total. The number of ether oxygens (including phenoxy) is 1. The largest absolute Gasteiger partial charge is 0.444 e. The molecule has 0 aromatic carbocycles. The molecule has 2 bridgehead atoms. The van der Waals surface area contributed by atoms with Crippen molar-refractivity contribution < 1.29 is 41.2 Å². The van der Waals surface area contributed by atoms with Crippen molar-refractivity contribution in [3.63, 3.8) is 0 Å². The lowest BCUT2D eigenvalue weighted by atomic mass is 9.95. The van der Waals surface area contributed by atoms with Crippen molar-refractivity contribution in [3.8, 4) is 0 Å². The van der Waals surface area contributed by atoms with Crippen LogP contribution in [0, 0.1) is 5.92 Å². The molecule has 14 heteroatoms. The number of ketones is 1. The van der Waals surface area contributed by atoms with E-state index in [0.717, 1.165) is 4.90 Å². The number of hydrogen-bond donors (Lipinski definition) is 2. The summed E-state index contributed by atoms with van der Waals surface area (Å²) in [6, 6.07) is -2.33. The average molecular weight is 462 g/mol. The smallest absolute Gasteiger partial charge is 0.418 e. The number of likely N-dealkylation sites (tertiary alicyclic amines) is 1. The molecule has 4 amide bonds. The van der Waals surface area contributed by atoms with Crippen LogP contribution in [0.1, 0.15) is 33.6 Å². The highest BCUT2D eigenvalue weighted by Gasteiger charge is 2.49. The quantitative estimate of drug-likeness (QED) is 0.497. The molecule has 174 valence electrons. The summed E-state index contributed by atoms with van der Waals surface area (Å²) >= 11 is 0. The minimum absolute atomic E-state index is 0.0634. The number of Topliss-reactive ketones (excluding diaryl/α,β-unsaturated/α-hetero) is 1. The fraction of sp³-hybridized carbons (Fsp3) is 0.765. The van der Waals surface area contributed by atoms with E-state index in [-0.39, 0.29) is 44.8 Å². The van der Waals surface area contributed by atoms with E-state index in [1.54, 1.807) is 20.8 Å². The molecule has 3 aliphatic heterocycles. The van der Waals surface area contributed by atoms with Gasteiger partial charge in [-0.25, -0.2) is 9.59 Å². The molecular formula is C17H26N4O9S. The van der Waals surface area contributed by atoms with Gasteiger partial charge in [0.2, 0.25) is 5.91 Å². The number of piperidine rings is 1. The van der Waals surface area contributed by atoms with Crippen molar-refractivity contribution in [1.82, 2.24) is 20.2 Å². The molecule has 0 aromatic rings. The van der Waals surface area contributed by atoms with Crippen LogP contribution < -0.4 is 5.32 Å². The predicted molar refractivity (Wildman–Crippen MR) is 103 cm³/mol. The lowest BCUT2D eigenvalue weighted by Gasteiger charge is -2.39. The van der Waals surface area contributed by atoms with Crippen molar-refractivity contribution in [3.05, 3.63) is 0 Å². The van der Waals surface area contributed by atoms with Crippen LogP contribution >= 0.6 is 0 Å². The molecule has 2 atom stereocenters. The lowest BCUT2D eigenvalue weighted by Crippen LogP contribution is -2.56. The molecular weight excluding hydrogens is 436 g/mol. The van der Waals surface area contributed by atoms with Gasteiger partial charge in [-0.15, -0.1) is 4.28 Å². The highest BCUT2D eigenvalue weighted by molar-refractivity contribution is 7.80. The van der Waals surface area contributed by atoms with Gasteiger partial charge in [-0.2, -0.15) is 13.5 Å². The number of fused-ring (bicyclic) bond motifs is 2. The summed E-state index contributed by atoms with van der Waals surface area (Å²) in [5, 5.41) is 3.05. The Morgan fingerprint density at radius 1 is 1.16 bits per heavy atom. The molecule has 3 fully saturated rings. The Balaban J connectivity index is 1.46. The van der Waals surface area contributed by atoms with Gasteiger partial charge in [0, 0.05) is 19.6 Å². The fourth-order valence-electron chi connectivity index (χ4n) is 3.70. The van der Waals surface area contributed by atoms with E-state index >= 15 is 0 Å². The monoisotopic (exact) mass is 462 g/mol. The van der Waals surface area contributed by atoms with Gasteiger partial charge in [-0.1, -0.05) is 0 Å². The third-order valence-corrected chi connectivity index (χ3v) is 5.57. The first-order valence-corrected chi connectivity index (χ1v) is 11.2. The van der Waals surface area contributed by atoms with Crippen LogP contribution in [0.2, 0.25) is 0 Å². The fourth-order valence-corrected chi connectivity index (χ4v) is 4.09. The number of hydroxylamine groups is 2. The topological polar surface area (TPSA) is 163 Å². The van der Waals surface area contributed by atoms with E-state index in [9.17, 15) is 27.6 Å². The molecule has 0 saturated carbocycles. The highest BCUT2D eigenvalue weighted by Crippen LogP contribution is 2.30. The Labute approximate surface area is 179 Å². The maximum atomic E-state index is 12.5. The van der Waals surface area contributed by atoms with Crippen LogP contribution in [-0.2, 0) is 29.0 Å². The SMILES string of the molecule is CC(C)(C)OC(=O)N1CC(C(=O)CNC(=O)[C@@H]2CC[C@@H]3CN2C(=O)N3OS(=O)(=O)O)C1. The zero-order valence-electron chi connectivity index (χ0n) is 17.4. The standard InChI is InChI=1S/C17H26N4O9S/c1-17(2,3)29-16(25)19-7-10(8-19)13(22)6-18-14(23)12-5-4-11-9-20(12)15(24)21(11)30-31(26,27)28/h10-12H,4-9H2,1-3H3,(H,18,23)(H,26,27,28)/t11-,12+/m1/s1. The van der Waals surface area contributed by atoms with Crippen LogP contribution in [0.25, 0.3) is 0 Å². The molecule has 0 aromatic heterocycles. The van der Waals surface area contributed by atoms with Crippen LogP contribution in [0.3, 0.4) is 0 Å². The Morgan fingerprint density at radius 2 is 1.81 bits per heavy atom. The van der Waals surface area contributed by atoms with Crippen LogP contribution in [0.15, 0.2) is 0 Å². The average Bonchev–Trinajstić information content (AvgIpc) is 2.80. The second-order valence-corrected chi connectivity index (χ2v) is 9.78. The van der Waals surface area contributed by atoms with Gasteiger partial charge < -0.3 is 19.9 Å². The van der Waals surface area contributed by atoms with Crippen molar-refractivity contribution in [1.29, 1.82) is 0 Å². The van der Waals surface area contributed by atoms with Crippen molar-refractivity contribution in [2.45, 2.75) is 51.3 Å². The minimum Gasteiger partial charge on any atom is -0.444 e. The Bertz CT molecular complexity index is 879. The molecule has 3 heterocycles. The van der Waals surface area contributed by atoms with E-state index in [1.807, 2.05) is 0 Å². The predicted octanol–water partition coefficient (Wildman–Crippen LogP) is -0.458. The molecule has 0 spiro atoms. The second kappa shape index (κ2) is 8.24.